The van der Waals surface area contributed by atoms with Crippen molar-refractivity contribution in [1.29, 1.82) is 0 Å². The van der Waals surface area contributed by atoms with Gasteiger partial charge in [-0.15, -0.1) is 0 Å². The summed E-state index contributed by atoms with van der Waals surface area (Å²) in [5.41, 5.74) is 2.06. The number of nitrogens with two attached hydrogens (primary N) is 1. The zero-order valence-corrected chi connectivity index (χ0v) is 24.5. The highest BCUT2D eigenvalue weighted by atomic mass is 79.9. The topological polar surface area (TPSA) is 135 Å². The standard InChI is InChI=1S/C27H28BrN3O6S2/c1-18(2)20-5-9-22(10-6-20)31-26(32)17-25(27(31)33)30(39(36,37)24-13-7-21(28)8-14-24)16-15-19-3-11-23(12-4-19)38(29,34)35/h3-14,18,25H,15-17H2,1-2H3,(H2,29,34,35). The fraction of sp³-hybridized carbons (Fsp3) is 0.259. The SMILES string of the molecule is CC(C)c1ccc(N2C(=O)CC(N(CCc3ccc(S(N)(=O)=O)cc3)S(=O)(=O)c3ccc(Br)cc3)C2=O)cc1. The lowest BCUT2D eigenvalue weighted by atomic mass is 10.0. The molecule has 0 bridgehead atoms. The molecular formula is C27H28BrN3O6S2. The zero-order chi connectivity index (χ0) is 28.5. The molecule has 1 atom stereocenters. The molecule has 1 saturated heterocycles. The number of nitrogens with zero attached hydrogens (tertiary/aromatic N) is 2. The van der Waals surface area contributed by atoms with E-state index in [1.807, 2.05) is 26.0 Å². The number of imide groups is 1. The van der Waals surface area contributed by atoms with Gasteiger partial charge in [0.25, 0.3) is 5.91 Å². The van der Waals surface area contributed by atoms with E-state index in [9.17, 15) is 26.4 Å². The highest BCUT2D eigenvalue weighted by Gasteiger charge is 2.46. The van der Waals surface area contributed by atoms with Crippen LogP contribution in [-0.4, -0.2) is 45.5 Å². The second-order valence-corrected chi connectivity index (χ2v) is 13.9. The summed E-state index contributed by atoms with van der Waals surface area (Å²) < 4.78 is 52.5. The number of anilines is 1. The quantitative estimate of drug-likeness (QED) is 0.356. The Morgan fingerprint density at radius 1 is 0.897 bits per heavy atom. The molecule has 206 valence electrons. The van der Waals surface area contributed by atoms with E-state index in [0.717, 1.165) is 14.8 Å². The fourth-order valence-corrected chi connectivity index (χ4v) is 6.75. The van der Waals surface area contributed by atoms with Gasteiger partial charge in [-0.3, -0.25) is 9.59 Å². The molecule has 2 N–H and O–H groups in total. The van der Waals surface area contributed by atoms with Crippen molar-refractivity contribution in [1.82, 2.24) is 4.31 Å². The minimum Gasteiger partial charge on any atom is -0.274 e. The fourth-order valence-electron chi connectivity index (χ4n) is 4.39. The lowest BCUT2D eigenvalue weighted by molar-refractivity contribution is -0.122. The predicted octanol–water partition coefficient (Wildman–Crippen LogP) is 3.79. The summed E-state index contributed by atoms with van der Waals surface area (Å²) in [5, 5.41) is 5.16. The number of carbonyl (C=O) groups is 2. The van der Waals surface area contributed by atoms with Crippen LogP contribution in [0.1, 0.15) is 37.3 Å². The molecule has 2 amide bonds. The van der Waals surface area contributed by atoms with Gasteiger partial charge in [0.15, 0.2) is 0 Å². The molecule has 0 radical (unpaired) electrons. The molecule has 1 aliphatic heterocycles. The van der Waals surface area contributed by atoms with Crippen molar-refractivity contribution in [2.75, 3.05) is 11.4 Å². The first kappa shape index (κ1) is 29.1. The molecular weight excluding hydrogens is 606 g/mol. The summed E-state index contributed by atoms with van der Waals surface area (Å²) in [6, 6.07) is 17.6. The minimum absolute atomic E-state index is 0.0183. The average Bonchev–Trinajstić information content (AvgIpc) is 3.17. The first-order valence-electron chi connectivity index (χ1n) is 12.1. The molecule has 1 aliphatic rings. The lowest BCUT2D eigenvalue weighted by Crippen LogP contribution is -2.46. The summed E-state index contributed by atoms with van der Waals surface area (Å²) in [6.45, 7) is 3.95. The molecule has 0 saturated carbocycles. The number of amides is 2. The molecule has 4 rings (SSSR count). The average molecular weight is 635 g/mol. The molecule has 0 spiro atoms. The van der Waals surface area contributed by atoms with E-state index in [1.54, 1.807) is 24.3 Å². The van der Waals surface area contributed by atoms with E-state index >= 15 is 0 Å². The van der Waals surface area contributed by atoms with Crippen molar-refractivity contribution in [3.05, 3.63) is 88.4 Å². The van der Waals surface area contributed by atoms with E-state index in [4.69, 9.17) is 5.14 Å². The number of carbonyl (C=O) groups excluding carboxylic acids is 2. The van der Waals surface area contributed by atoms with Crippen LogP contribution in [0.3, 0.4) is 0 Å². The van der Waals surface area contributed by atoms with Crippen LogP contribution < -0.4 is 10.0 Å². The first-order chi connectivity index (χ1) is 18.3. The van der Waals surface area contributed by atoms with Crippen molar-refractivity contribution in [3.63, 3.8) is 0 Å². The third-order valence-electron chi connectivity index (χ3n) is 6.58. The molecule has 3 aromatic carbocycles. The molecule has 1 fully saturated rings. The summed E-state index contributed by atoms with van der Waals surface area (Å²) in [6.07, 6.45) is -0.132. The van der Waals surface area contributed by atoms with Crippen molar-refractivity contribution >= 4 is 53.5 Å². The summed E-state index contributed by atoms with van der Waals surface area (Å²) in [4.78, 5) is 27.6. The second-order valence-electron chi connectivity index (χ2n) is 9.54. The molecule has 0 aromatic heterocycles. The minimum atomic E-state index is -4.19. The Balaban J connectivity index is 1.66. The smallest absolute Gasteiger partial charge is 0.252 e. The van der Waals surface area contributed by atoms with Gasteiger partial charge in [-0.05, 0) is 72.0 Å². The van der Waals surface area contributed by atoms with E-state index in [1.165, 1.54) is 36.4 Å². The van der Waals surface area contributed by atoms with Crippen LogP contribution in [0.25, 0.3) is 0 Å². The number of hydrogen-bond donors (Lipinski definition) is 1. The molecule has 12 heteroatoms. The number of primary sulfonamides is 1. The highest BCUT2D eigenvalue weighted by Crippen LogP contribution is 2.31. The Morgan fingerprint density at radius 3 is 2.00 bits per heavy atom. The van der Waals surface area contributed by atoms with Gasteiger partial charge >= 0.3 is 0 Å². The van der Waals surface area contributed by atoms with Gasteiger partial charge in [0.2, 0.25) is 26.0 Å². The number of sulfonamides is 2. The summed E-state index contributed by atoms with van der Waals surface area (Å²) in [7, 11) is -8.06. The molecule has 0 aliphatic carbocycles. The van der Waals surface area contributed by atoms with Crippen LogP contribution >= 0.6 is 15.9 Å². The van der Waals surface area contributed by atoms with Gasteiger partial charge in [0.05, 0.1) is 21.9 Å². The van der Waals surface area contributed by atoms with Crippen LogP contribution in [0.15, 0.2) is 87.1 Å². The number of benzene rings is 3. The van der Waals surface area contributed by atoms with Crippen LogP contribution in [0.5, 0.6) is 0 Å². The van der Waals surface area contributed by atoms with E-state index < -0.39 is 37.9 Å². The van der Waals surface area contributed by atoms with Crippen molar-refractivity contribution < 1.29 is 26.4 Å². The second kappa shape index (κ2) is 11.3. The molecule has 1 heterocycles. The largest absolute Gasteiger partial charge is 0.274 e. The summed E-state index contributed by atoms with van der Waals surface area (Å²) in [5.74, 6) is -0.847. The number of rotatable bonds is 9. The monoisotopic (exact) mass is 633 g/mol. The first-order valence-corrected chi connectivity index (χ1v) is 15.9. The van der Waals surface area contributed by atoms with Crippen LogP contribution in [0, 0.1) is 0 Å². The lowest BCUT2D eigenvalue weighted by Gasteiger charge is -2.27. The third kappa shape index (κ3) is 6.30. The maximum absolute atomic E-state index is 13.8. The Hall–Kier alpha value is -2.90. The van der Waals surface area contributed by atoms with Gasteiger partial charge in [-0.2, -0.15) is 4.31 Å². The van der Waals surface area contributed by atoms with Crippen LogP contribution in [0.4, 0.5) is 5.69 Å². The number of halogens is 1. The van der Waals surface area contributed by atoms with Crippen LogP contribution in [0.2, 0.25) is 0 Å². The molecule has 9 nitrogen and oxygen atoms in total. The van der Waals surface area contributed by atoms with Gasteiger partial charge in [0.1, 0.15) is 6.04 Å². The van der Waals surface area contributed by atoms with Crippen molar-refractivity contribution in [3.8, 4) is 0 Å². The highest BCUT2D eigenvalue weighted by molar-refractivity contribution is 9.10. The Bertz CT molecular complexity index is 1590. The van der Waals surface area contributed by atoms with Gasteiger partial charge < -0.3 is 0 Å². The Kier molecular flexibility index (Phi) is 8.43. The third-order valence-corrected chi connectivity index (χ3v) is 9.96. The van der Waals surface area contributed by atoms with Crippen LogP contribution in [-0.2, 0) is 36.1 Å². The van der Waals surface area contributed by atoms with E-state index in [0.29, 0.717) is 15.7 Å². The normalized spacial score (nSPS) is 16.5. The van der Waals surface area contributed by atoms with E-state index in [-0.39, 0.29) is 35.1 Å². The Morgan fingerprint density at radius 2 is 1.46 bits per heavy atom. The molecule has 3 aromatic rings. The molecule has 1 unspecified atom stereocenters. The maximum Gasteiger partial charge on any atom is 0.252 e. The predicted molar refractivity (Wildman–Crippen MR) is 151 cm³/mol. The van der Waals surface area contributed by atoms with Gasteiger partial charge in [0, 0.05) is 11.0 Å². The maximum atomic E-state index is 13.8. The van der Waals surface area contributed by atoms with Gasteiger partial charge in [-0.1, -0.05) is 54.0 Å². The Labute approximate surface area is 236 Å². The zero-order valence-electron chi connectivity index (χ0n) is 21.3. The summed E-state index contributed by atoms with van der Waals surface area (Å²) >= 11 is 3.30. The van der Waals surface area contributed by atoms with E-state index in [2.05, 4.69) is 15.9 Å². The molecule has 39 heavy (non-hydrogen) atoms. The number of hydrogen-bond acceptors (Lipinski definition) is 6. The van der Waals surface area contributed by atoms with Crippen molar-refractivity contribution in [2.24, 2.45) is 5.14 Å². The van der Waals surface area contributed by atoms with Crippen molar-refractivity contribution in [2.45, 2.75) is 48.4 Å². The van der Waals surface area contributed by atoms with Gasteiger partial charge in [-0.25, -0.2) is 26.9 Å².